The van der Waals surface area contributed by atoms with Gasteiger partial charge in [-0.05, 0) is 61.8 Å². The van der Waals surface area contributed by atoms with Gasteiger partial charge >= 0.3 is 18.0 Å². The van der Waals surface area contributed by atoms with Gasteiger partial charge in [0.05, 0.1) is 19.1 Å². The molecule has 0 radical (unpaired) electrons. The molecule has 0 saturated carbocycles. The summed E-state index contributed by atoms with van der Waals surface area (Å²) in [5, 5.41) is 4.09. The van der Waals surface area contributed by atoms with Gasteiger partial charge in [0.1, 0.15) is 30.9 Å². The zero-order valence-corrected chi connectivity index (χ0v) is 31.1. The van der Waals surface area contributed by atoms with E-state index in [2.05, 4.69) is 28.4 Å². The first kappa shape index (κ1) is 39.7. The Balaban J connectivity index is 1.35. The number of hydrazine groups is 1. The first-order valence-electron chi connectivity index (χ1n) is 16.5. The minimum Gasteiger partial charge on any atom is -0.460 e. The fraction of sp³-hybridized carbons (Fsp3) is 0.543. The van der Waals surface area contributed by atoms with Crippen molar-refractivity contribution in [2.24, 2.45) is 5.92 Å². The third-order valence-electron chi connectivity index (χ3n) is 8.14. The number of halogens is 3. The van der Waals surface area contributed by atoms with Crippen LogP contribution >= 0.6 is 34.8 Å². The number of fused-ring (bicyclic) bond motifs is 3. The Morgan fingerprint density at radius 1 is 0.960 bits per heavy atom. The van der Waals surface area contributed by atoms with Crippen molar-refractivity contribution in [2.75, 3.05) is 26.4 Å². The lowest BCUT2D eigenvalue weighted by molar-refractivity contribution is -0.162. The molecule has 1 heterocycles. The fourth-order valence-electron chi connectivity index (χ4n) is 5.72. The van der Waals surface area contributed by atoms with Gasteiger partial charge in [-0.15, -0.1) is 0 Å². The summed E-state index contributed by atoms with van der Waals surface area (Å²) in [5.74, 6) is -2.08. The van der Waals surface area contributed by atoms with Gasteiger partial charge < -0.3 is 19.5 Å². The fourth-order valence-corrected chi connectivity index (χ4v) is 5.88. The molecule has 2 aromatic carbocycles. The van der Waals surface area contributed by atoms with Crippen LogP contribution in [0, 0.1) is 5.92 Å². The second kappa shape index (κ2) is 17.4. The van der Waals surface area contributed by atoms with Crippen LogP contribution in [0.4, 0.5) is 4.79 Å². The Morgan fingerprint density at radius 2 is 1.58 bits per heavy atom. The first-order chi connectivity index (χ1) is 23.5. The maximum absolute atomic E-state index is 13.7. The van der Waals surface area contributed by atoms with Crippen molar-refractivity contribution in [3.05, 3.63) is 59.7 Å². The number of nitrogens with zero attached hydrogens (tertiary/aromatic N) is 1. The van der Waals surface area contributed by atoms with E-state index in [-0.39, 0.29) is 38.0 Å². The number of carbonyl (C=O) groups excluding carboxylic acids is 4. The standard InChI is InChI=1S/C35H45Cl3N4O8/c1-21(2)29(39-33(46)47-18-26-24-13-8-6-11-22(24)23-12-7-9-14-25(23)26)19-49-41-28(17-30(43)50-34(3,4)5)31(44)42-16-10-15-27(40-42)32(45)48-20-35(36,37)38/h6-9,11-14,21,26-29,40-41H,10,15-20H2,1-5H3,(H,39,46)/t27-,28-,29+/m0/s1. The van der Waals surface area contributed by atoms with Crippen molar-refractivity contribution >= 4 is 58.7 Å². The van der Waals surface area contributed by atoms with Crippen molar-refractivity contribution < 1.29 is 38.2 Å². The number of rotatable bonds is 13. The number of amides is 2. The van der Waals surface area contributed by atoms with Gasteiger partial charge in [0.15, 0.2) is 0 Å². The molecule has 15 heteroatoms. The SMILES string of the molecule is CC(C)[C@@H](CON[C@@H](CC(=O)OC(C)(C)C)C(=O)N1CCC[C@@H](C(=O)OCC(Cl)(Cl)Cl)N1)NC(=O)OCC1c2ccccc2-c2ccccc21. The van der Waals surface area contributed by atoms with Crippen LogP contribution in [0.5, 0.6) is 0 Å². The van der Waals surface area contributed by atoms with Gasteiger partial charge in [0.2, 0.25) is 3.79 Å². The molecule has 12 nitrogen and oxygen atoms in total. The maximum atomic E-state index is 13.7. The number of alkyl halides is 3. The molecule has 0 unspecified atom stereocenters. The largest absolute Gasteiger partial charge is 0.460 e. The van der Waals surface area contributed by atoms with E-state index in [0.29, 0.717) is 12.8 Å². The number of esters is 2. The summed E-state index contributed by atoms with van der Waals surface area (Å²) in [6, 6.07) is 13.6. The molecular weight excluding hydrogens is 711 g/mol. The van der Waals surface area contributed by atoms with E-state index in [4.69, 9.17) is 53.9 Å². The number of benzene rings is 2. The number of hydrogen-bond donors (Lipinski definition) is 3. The molecule has 1 fully saturated rings. The quantitative estimate of drug-likeness (QED) is 0.103. The lowest BCUT2D eigenvalue weighted by Gasteiger charge is -2.35. The Bertz CT molecular complexity index is 1470. The predicted octanol–water partition coefficient (Wildman–Crippen LogP) is 5.58. The number of hydrogen-bond acceptors (Lipinski definition) is 10. The molecule has 2 aromatic rings. The monoisotopic (exact) mass is 754 g/mol. The van der Waals surface area contributed by atoms with Crippen LogP contribution in [0.15, 0.2) is 48.5 Å². The van der Waals surface area contributed by atoms with E-state index in [0.717, 1.165) is 22.3 Å². The summed E-state index contributed by atoms with van der Waals surface area (Å²) in [5.41, 5.74) is 9.20. The second-order valence-corrected chi connectivity index (χ2v) is 16.1. The zero-order valence-electron chi connectivity index (χ0n) is 28.8. The number of hydroxylamine groups is 1. The summed E-state index contributed by atoms with van der Waals surface area (Å²) >= 11 is 17.1. The van der Waals surface area contributed by atoms with Crippen LogP contribution in [-0.2, 0) is 33.4 Å². The molecule has 1 saturated heterocycles. The highest BCUT2D eigenvalue weighted by Crippen LogP contribution is 2.44. The summed E-state index contributed by atoms with van der Waals surface area (Å²) in [7, 11) is 0. The van der Waals surface area contributed by atoms with Crippen LogP contribution in [0.3, 0.4) is 0 Å². The number of carbonyl (C=O) groups is 4. The number of alkyl carbamates (subject to hydrolysis) is 1. The molecule has 50 heavy (non-hydrogen) atoms. The highest BCUT2D eigenvalue weighted by Gasteiger charge is 2.36. The van der Waals surface area contributed by atoms with Gasteiger partial charge in [-0.1, -0.05) is 97.2 Å². The third-order valence-corrected chi connectivity index (χ3v) is 8.47. The van der Waals surface area contributed by atoms with Crippen LogP contribution in [0.25, 0.3) is 11.1 Å². The average Bonchev–Trinajstić information content (AvgIpc) is 3.37. The Hall–Kier alpha value is -3.13. The molecule has 3 atom stereocenters. The maximum Gasteiger partial charge on any atom is 0.407 e. The van der Waals surface area contributed by atoms with Crippen molar-refractivity contribution in [3.63, 3.8) is 0 Å². The smallest absolute Gasteiger partial charge is 0.407 e. The van der Waals surface area contributed by atoms with Crippen molar-refractivity contribution in [2.45, 2.75) is 87.3 Å². The summed E-state index contributed by atoms with van der Waals surface area (Å²) < 4.78 is 14.5. The van der Waals surface area contributed by atoms with Gasteiger partial charge in [-0.25, -0.2) is 10.2 Å². The van der Waals surface area contributed by atoms with Gasteiger partial charge in [0.25, 0.3) is 5.91 Å². The second-order valence-electron chi connectivity index (χ2n) is 13.6. The Morgan fingerprint density at radius 3 is 2.16 bits per heavy atom. The molecule has 1 aliphatic heterocycles. The third kappa shape index (κ3) is 11.4. The molecule has 4 rings (SSSR count). The summed E-state index contributed by atoms with van der Waals surface area (Å²) in [4.78, 5) is 57.8. The van der Waals surface area contributed by atoms with Crippen LogP contribution < -0.4 is 16.2 Å². The average molecular weight is 756 g/mol. The van der Waals surface area contributed by atoms with E-state index in [9.17, 15) is 19.2 Å². The van der Waals surface area contributed by atoms with Gasteiger partial charge in [-0.3, -0.25) is 24.2 Å². The molecular formula is C35H45Cl3N4O8. The Labute approximate surface area is 307 Å². The molecule has 2 aliphatic rings. The van der Waals surface area contributed by atoms with Crippen LogP contribution in [0.1, 0.15) is 70.9 Å². The lowest BCUT2D eigenvalue weighted by Crippen LogP contribution is -2.60. The molecule has 2 amide bonds. The van der Waals surface area contributed by atoms with Crippen LogP contribution in [0.2, 0.25) is 0 Å². The number of nitrogens with one attached hydrogen (secondary N) is 3. The van der Waals surface area contributed by atoms with Gasteiger partial charge in [0, 0.05) is 12.5 Å². The van der Waals surface area contributed by atoms with E-state index >= 15 is 0 Å². The predicted molar refractivity (Wildman–Crippen MR) is 189 cm³/mol. The van der Waals surface area contributed by atoms with E-state index in [1.54, 1.807) is 20.8 Å². The Kier molecular flexibility index (Phi) is 13.8. The van der Waals surface area contributed by atoms with Crippen molar-refractivity contribution in [1.82, 2.24) is 21.2 Å². The molecule has 1 aliphatic carbocycles. The zero-order chi connectivity index (χ0) is 36.6. The first-order valence-corrected chi connectivity index (χ1v) is 17.7. The van der Waals surface area contributed by atoms with Crippen molar-refractivity contribution in [3.8, 4) is 11.1 Å². The molecule has 3 N–H and O–H groups in total. The minimum absolute atomic E-state index is 0.0562. The molecule has 0 spiro atoms. The highest BCUT2D eigenvalue weighted by atomic mass is 35.6. The highest BCUT2D eigenvalue weighted by molar-refractivity contribution is 6.67. The van der Waals surface area contributed by atoms with E-state index in [1.807, 2.05) is 50.2 Å². The van der Waals surface area contributed by atoms with E-state index in [1.165, 1.54) is 5.01 Å². The minimum atomic E-state index is -1.78. The van der Waals surface area contributed by atoms with E-state index < -0.39 is 58.1 Å². The van der Waals surface area contributed by atoms with Crippen LogP contribution in [-0.4, -0.2) is 82.8 Å². The number of ether oxygens (including phenoxy) is 3. The lowest BCUT2D eigenvalue weighted by atomic mass is 9.98. The van der Waals surface area contributed by atoms with Crippen molar-refractivity contribution in [1.29, 1.82) is 0 Å². The molecule has 0 aromatic heterocycles. The summed E-state index contributed by atoms with van der Waals surface area (Å²) in [6.45, 7) is 8.84. The normalized spacial score (nSPS) is 17.4. The van der Waals surface area contributed by atoms with Gasteiger partial charge in [-0.2, -0.15) is 5.48 Å². The molecule has 274 valence electrons. The molecule has 0 bridgehead atoms. The topological polar surface area (TPSA) is 145 Å². The summed E-state index contributed by atoms with van der Waals surface area (Å²) in [6.07, 6.45) is -0.143.